The van der Waals surface area contributed by atoms with E-state index in [-0.39, 0.29) is 5.69 Å². The number of carbonyl (C=O) groups is 2. The Hall–Kier alpha value is -1.89. The Morgan fingerprint density at radius 3 is 2.79 bits per heavy atom. The fraction of sp³-hybridized carbons (Fsp3) is 0.286. The zero-order valence-electron chi connectivity index (χ0n) is 7.01. The van der Waals surface area contributed by atoms with Crippen molar-refractivity contribution in [1.82, 2.24) is 10.5 Å². The lowest BCUT2D eigenvalue weighted by molar-refractivity contribution is -0.140. The van der Waals surface area contributed by atoms with Gasteiger partial charge in [-0.3, -0.25) is 4.79 Å². The van der Waals surface area contributed by atoms with Gasteiger partial charge < -0.3 is 20.1 Å². The molecule has 0 spiro atoms. The van der Waals surface area contributed by atoms with Crippen molar-refractivity contribution in [2.24, 2.45) is 0 Å². The van der Waals surface area contributed by atoms with Crippen molar-refractivity contribution in [2.45, 2.75) is 6.04 Å². The summed E-state index contributed by atoms with van der Waals surface area (Å²) in [5.74, 6) is -2.02. The quantitative estimate of drug-likeness (QED) is 0.565. The Labute approximate surface area is 78.3 Å². The number of aliphatic hydroxyl groups is 1. The van der Waals surface area contributed by atoms with Crippen LogP contribution in [0, 0.1) is 0 Å². The summed E-state index contributed by atoms with van der Waals surface area (Å²) in [6.07, 6.45) is 1.18. The van der Waals surface area contributed by atoms with Gasteiger partial charge >= 0.3 is 5.97 Å². The molecule has 1 rings (SSSR count). The molecule has 3 N–H and O–H groups in total. The number of hydrogen-bond acceptors (Lipinski definition) is 5. The molecule has 0 aromatic carbocycles. The molecule has 0 unspecified atom stereocenters. The first-order valence-corrected chi connectivity index (χ1v) is 3.70. The van der Waals surface area contributed by atoms with Crippen molar-refractivity contribution in [1.29, 1.82) is 0 Å². The van der Waals surface area contributed by atoms with Crippen LogP contribution in [-0.4, -0.2) is 39.9 Å². The van der Waals surface area contributed by atoms with Gasteiger partial charge in [-0.2, -0.15) is 0 Å². The number of hydrogen-bond donors (Lipinski definition) is 3. The fourth-order valence-electron chi connectivity index (χ4n) is 0.747. The average molecular weight is 200 g/mol. The lowest BCUT2D eigenvalue weighted by Crippen LogP contribution is -2.43. The topological polar surface area (TPSA) is 113 Å². The maximum absolute atomic E-state index is 11.2. The predicted molar refractivity (Wildman–Crippen MR) is 42.5 cm³/mol. The minimum Gasteiger partial charge on any atom is -0.480 e. The third-order valence-corrected chi connectivity index (χ3v) is 1.46. The van der Waals surface area contributed by atoms with Crippen molar-refractivity contribution >= 4 is 11.9 Å². The molecular formula is C7H8N2O5. The van der Waals surface area contributed by atoms with Crippen molar-refractivity contribution in [3.05, 3.63) is 18.0 Å². The summed E-state index contributed by atoms with van der Waals surface area (Å²) in [4.78, 5) is 21.6. The van der Waals surface area contributed by atoms with Gasteiger partial charge in [0.25, 0.3) is 5.91 Å². The van der Waals surface area contributed by atoms with Gasteiger partial charge in [0.2, 0.25) is 0 Å². The molecule has 1 atom stereocenters. The first-order chi connectivity index (χ1) is 6.65. The Kier molecular flexibility index (Phi) is 3.19. The largest absolute Gasteiger partial charge is 0.480 e. The van der Waals surface area contributed by atoms with Crippen LogP contribution >= 0.6 is 0 Å². The highest BCUT2D eigenvalue weighted by Crippen LogP contribution is 1.95. The first-order valence-electron chi connectivity index (χ1n) is 3.70. The molecule has 0 aliphatic heterocycles. The molecule has 1 aromatic rings. The Bertz CT molecular complexity index is 321. The van der Waals surface area contributed by atoms with E-state index in [0.717, 1.165) is 0 Å². The number of aliphatic hydroxyl groups excluding tert-OH is 1. The molecular weight excluding hydrogens is 192 g/mol. The molecule has 0 bridgehead atoms. The Morgan fingerprint density at radius 2 is 2.36 bits per heavy atom. The molecule has 0 fully saturated rings. The molecule has 76 valence electrons. The molecule has 7 heteroatoms. The van der Waals surface area contributed by atoms with E-state index in [9.17, 15) is 9.59 Å². The number of nitrogens with one attached hydrogen (secondary N) is 1. The Morgan fingerprint density at radius 1 is 1.64 bits per heavy atom. The van der Waals surface area contributed by atoms with E-state index in [2.05, 4.69) is 15.0 Å². The molecule has 0 saturated heterocycles. The summed E-state index contributed by atoms with van der Waals surface area (Å²) in [6, 6.07) is -0.0507. The van der Waals surface area contributed by atoms with E-state index in [0.29, 0.717) is 0 Å². The molecule has 7 nitrogen and oxygen atoms in total. The number of carboxylic acid groups (broad SMARTS) is 1. The summed E-state index contributed by atoms with van der Waals surface area (Å²) in [7, 11) is 0. The van der Waals surface area contributed by atoms with Gasteiger partial charge in [0.1, 0.15) is 6.26 Å². The summed E-state index contributed by atoms with van der Waals surface area (Å²) in [6.45, 7) is -0.682. The van der Waals surface area contributed by atoms with Crippen LogP contribution in [0.2, 0.25) is 0 Å². The molecule has 0 aliphatic carbocycles. The van der Waals surface area contributed by atoms with E-state index in [1.807, 2.05) is 0 Å². The number of amides is 1. The van der Waals surface area contributed by atoms with Gasteiger partial charge in [-0.05, 0) is 0 Å². The highest BCUT2D eigenvalue weighted by Gasteiger charge is 2.20. The van der Waals surface area contributed by atoms with Crippen LogP contribution in [0.4, 0.5) is 0 Å². The van der Waals surface area contributed by atoms with Crippen LogP contribution < -0.4 is 5.32 Å². The van der Waals surface area contributed by atoms with Crippen LogP contribution in [0.5, 0.6) is 0 Å². The van der Waals surface area contributed by atoms with Crippen molar-refractivity contribution in [3.8, 4) is 0 Å². The molecule has 0 aliphatic rings. The van der Waals surface area contributed by atoms with E-state index in [1.165, 1.54) is 12.3 Å². The second-order valence-corrected chi connectivity index (χ2v) is 2.43. The summed E-state index contributed by atoms with van der Waals surface area (Å²) in [5.41, 5.74) is -0.0373. The van der Waals surface area contributed by atoms with E-state index in [1.54, 1.807) is 0 Å². The highest BCUT2D eigenvalue weighted by molar-refractivity contribution is 5.94. The lowest BCUT2D eigenvalue weighted by atomic mass is 10.3. The van der Waals surface area contributed by atoms with Gasteiger partial charge in [-0.1, -0.05) is 5.16 Å². The number of rotatable bonds is 4. The number of aliphatic carboxylic acids is 1. The SMILES string of the molecule is O=C(N[C@H](CO)C(=O)O)c1ccon1. The third kappa shape index (κ3) is 2.30. The minimum absolute atomic E-state index is 0.0373. The van der Waals surface area contributed by atoms with Crippen LogP contribution in [0.1, 0.15) is 10.5 Å². The van der Waals surface area contributed by atoms with Gasteiger partial charge in [0.05, 0.1) is 6.61 Å². The maximum Gasteiger partial charge on any atom is 0.328 e. The summed E-state index contributed by atoms with van der Waals surface area (Å²) < 4.78 is 4.39. The van der Waals surface area contributed by atoms with Crippen LogP contribution in [0.15, 0.2) is 16.9 Å². The number of carbonyl (C=O) groups excluding carboxylic acids is 1. The van der Waals surface area contributed by atoms with Crippen molar-refractivity contribution in [2.75, 3.05) is 6.61 Å². The molecule has 0 saturated carbocycles. The number of aromatic nitrogens is 1. The molecule has 1 aromatic heterocycles. The molecule has 1 amide bonds. The normalized spacial score (nSPS) is 12.1. The van der Waals surface area contributed by atoms with Crippen LogP contribution in [0.25, 0.3) is 0 Å². The van der Waals surface area contributed by atoms with E-state index in [4.69, 9.17) is 10.2 Å². The van der Waals surface area contributed by atoms with Gasteiger partial charge in [-0.25, -0.2) is 4.79 Å². The van der Waals surface area contributed by atoms with E-state index < -0.39 is 24.5 Å². The van der Waals surface area contributed by atoms with Crippen LogP contribution in [-0.2, 0) is 4.79 Å². The zero-order chi connectivity index (χ0) is 10.6. The lowest BCUT2D eigenvalue weighted by Gasteiger charge is -2.09. The monoisotopic (exact) mass is 200 g/mol. The predicted octanol–water partition coefficient (Wildman–Crippen LogP) is -1.15. The van der Waals surface area contributed by atoms with Crippen molar-refractivity contribution < 1.29 is 24.3 Å². The van der Waals surface area contributed by atoms with Gasteiger partial charge in [-0.15, -0.1) is 0 Å². The summed E-state index contributed by atoms with van der Waals surface area (Å²) in [5, 5.41) is 22.5. The third-order valence-electron chi connectivity index (χ3n) is 1.46. The smallest absolute Gasteiger partial charge is 0.328 e. The van der Waals surface area contributed by atoms with Gasteiger partial charge in [0.15, 0.2) is 11.7 Å². The van der Waals surface area contributed by atoms with Crippen molar-refractivity contribution in [3.63, 3.8) is 0 Å². The highest BCUT2D eigenvalue weighted by atomic mass is 16.5. The Balaban J connectivity index is 2.60. The number of carboxylic acids is 1. The molecule has 0 radical (unpaired) electrons. The second-order valence-electron chi connectivity index (χ2n) is 2.43. The fourth-order valence-corrected chi connectivity index (χ4v) is 0.747. The van der Waals surface area contributed by atoms with Gasteiger partial charge in [0, 0.05) is 6.07 Å². The summed E-state index contributed by atoms with van der Waals surface area (Å²) >= 11 is 0. The first kappa shape index (κ1) is 10.2. The average Bonchev–Trinajstić information content (AvgIpc) is 2.65. The standard InChI is InChI=1S/C7H8N2O5/c10-3-5(7(12)13)8-6(11)4-1-2-14-9-4/h1-2,5,10H,3H2,(H,8,11)(H,12,13)/t5-/m1/s1. The van der Waals surface area contributed by atoms with Crippen LogP contribution in [0.3, 0.4) is 0 Å². The zero-order valence-corrected chi connectivity index (χ0v) is 7.01. The molecule has 14 heavy (non-hydrogen) atoms. The molecule has 1 heterocycles. The maximum atomic E-state index is 11.2. The second kappa shape index (κ2) is 4.38. The number of nitrogens with zero attached hydrogens (tertiary/aromatic N) is 1. The minimum atomic E-state index is -1.33. The van der Waals surface area contributed by atoms with E-state index >= 15 is 0 Å².